The number of benzene rings is 6. The SMILES string of the molecule is N#Cc1cc2c(cc1C#N)c1cc3c(cc1c1cc4ccccc4cc21)oc1ccccc13. The van der Waals surface area contributed by atoms with Gasteiger partial charge in [0.25, 0.3) is 0 Å². The lowest BCUT2D eigenvalue weighted by molar-refractivity contribution is 0.669. The van der Waals surface area contributed by atoms with E-state index in [-0.39, 0.29) is 0 Å². The first-order chi connectivity index (χ1) is 16.2. The van der Waals surface area contributed by atoms with E-state index in [9.17, 15) is 10.5 Å². The molecule has 7 aromatic rings. The molecule has 0 spiro atoms. The molecular formula is C30H14N2O. The van der Waals surface area contributed by atoms with Crippen molar-refractivity contribution in [2.75, 3.05) is 0 Å². The second-order valence-electron chi connectivity index (χ2n) is 8.40. The summed E-state index contributed by atoms with van der Waals surface area (Å²) in [4.78, 5) is 0. The van der Waals surface area contributed by atoms with Crippen LogP contribution < -0.4 is 0 Å². The third-order valence-corrected chi connectivity index (χ3v) is 6.67. The van der Waals surface area contributed by atoms with Crippen LogP contribution in [0.1, 0.15) is 11.1 Å². The van der Waals surface area contributed by atoms with Crippen molar-refractivity contribution in [3.8, 4) is 12.1 Å². The topological polar surface area (TPSA) is 60.7 Å². The molecule has 0 bridgehead atoms. The summed E-state index contributed by atoms with van der Waals surface area (Å²) in [6, 6.07) is 33.1. The average molecular weight is 418 g/mol. The first kappa shape index (κ1) is 17.8. The predicted octanol–water partition coefficient (Wildman–Crippen LogP) is 7.94. The van der Waals surface area contributed by atoms with E-state index in [1.54, 1.807) is 0 Å². The van der Waals surface area contributed by atoms with Gasteiger partial charge in [0.2, 0.25) is 0 Å². The third kappa shape index (κ3) is 2.37. The molecular weight excluding hydrogens is 404 g/mol. The van der Waals surface area contributed by atoms with Crippen LogP contribution in [0.3, 0.4) is 0 Å². The Labute approximate surface area is 188 Å². The molecule has 3 nitrogen and oxygen atoms in total. The monoisotopic (exact) mass is 418 g/mol. The summed E-state index contributed by atoms with van der Waals surface area (Å²) >= 11 is 0. The van der Waals surface area contributed by atoms with Crippen LogP contribution in [0.15, 0.2) is 89.3 Å². The fraction of sp³-hybridized carbons (Fsp3) is 0. The largest absolute Gasteiger partial charge is 0.456 e. The average Bonchev–Trinajstić information content (AvgIpc) is 3.23. The van der Waals surface area contributed by atoms with Crippen LogP contribution in [0.2, 0.25) is 0 Å². The van der Waals surface area contributed by atoms with Crippen molar-refractivity contribution in [2.24, 2.45) is 0 Å². The summed E-state index contributed by atoms with van der Waals surface area (Å²) in [7, 11) is 0. The van der Waals surface area contributed by atoms with Gasteiger partial charge >= 0.3 is 0 Å². The molecule has 0 saturated heterocycles. The van der Waals surface area contributed by atoms with E-state index in [4.69, 9.17) is 4.42 Å². The van der Waals surface area contributed by atoms with Gasteiger partial charge in [-0.15, -0.1) is 0 Å². The number of furan rings is 1. The molecule has 0 aliphatic heterocycles. The molecule has 0 fully saturated rings. The zero-order valence-electron chi connectivity index (χ0n) is 17.4. The summed E-state index contributed by atoms with van der Waals surface area (Å²) in [6.07, 6.45) is 0. The minimum Gasteiger partial charge on any atom is -0.456 e. The highest BCUT2D eigenvalue weighted by atomic mass is 16.3. The summed E-state index contributed by atoms with van der Waals surface area (Å²) in [5.41, 5.74) is 2.48. The Bertz CT molecular complexity index is 2050. The molecule has 1 aromatic heterocycles. The number of hydrogen-bond acceptors (Lipinski definition) is 3. The predicted molar refractivity (Wildman–Crippen MR) is 133 cm³/mol. The van der Waals surface area contributed by atoms with Crippen LogP contribution in [0.25, 0.3) is 65.0 Å². The molecule has 0 aliphatic rings. The number of hydrogen-bond donors (Lipinski definition) is 0. The van der Waals surface area contributed by atoms with Crippen molar-refractivity contribution in [1.29, 1.82) is 10.5 Å². The summed E-state index contributed by atoms with van der Waals surface area (Å²) in [5.74, 6) is 0. The van der Waals surface area contributed by atoms with Crippen molar-refractivity contribution >= 4 is 65.0 Å². The quantitative estimate of drug-likeness (QED) is 0.185. The molecule has 1 heterocycles. The van der Waals surface area contributed by atoms with Gasteiger partial charge in [0.05, 0.1) is 11.1 Å². The van der Waals surface area contributed by atoms with Gasteiger partial charge in [0.15, 0.2) is 0 Å². The minimum atomic E-state index is 0.392. The van der Waals surface area contributed by atoms with Crippen LogP contribution in [-0.2, 0) is 0 Å². The molecule has 0 aliphatic carbocycles. The van der Waals surface area contributed by atoms with E-state index in [0.29, 0.717) is 11.1 Å². The Hall–Kier alpha value is -4.86. The first-order valence-electron chi connectivity index (χ1n) is 10.7. The van der Waals surface area contributed by atoms with E-state index in [1.807, 2.05) is 42.5 Å². The van der Waals surface area contributed by atoms with Crippen molar-refractivity contribution in [3.05, 3.63) is 96.1 Å². The molecule has 0 amide bonds. The molecule has 0 saturated carbocycles. The van der Waals surface area contributed by atoms with Crippen molar-refractivity contribution in [2.45, 2.75) is 0 Å². The van der Waals surface area contributed by atoms with E-state index >= 15 is 0 Å². The molecule has 0 N–H and O–H groups in total. The van der Waals surface area contributed by atoms with E-state index in [1.165, 1.54) is 0 Å². The molecule has 33 heavy (non-hydrogen) atoms. The van der Waals surface area contributed by atoms with Gasteiger partial charge in [-0.1, -0.05) is 42.5 Å². The number of nitriles is 2. The lowest BCUT2D eigenvalue weighted by Gasteiger charge is -2.13. The molecule has 7 rings (SSSR count). The lowest BCUT2D eigenvalue weighted by atomic mass is 9.89. The minimum absolute atomic E-state index is 0.392. The maximum Gasteiger partial charge on any atom is 0.136 e. The zero-order chi connectivity index (χ0) is 22.1. The second kappa shape index (κ2) is 6.33. The number of para-hydroxylation sites is 1. The standard InChI is InChI=1S/C30H14N2O/c31-15-19-11-24-22-9-17-5-1-2-6-18(17)10-23(22)27-14-30-28(21-7-3-4-8-29(21)33-30)13-26(27)25(24)12-20(19)16-32/h1-14H. The summed E-state index contributed by atoms with van der Waals surface area (Å²) in [6.45, 7) is 0. The molecule has 0 atom stereocenters. The van der Waals surface area contributed by atoms with E-state index in [0.717, 1.165) is 65.0 Å². The fourth-order valence-corrected chi connectivity index (χ4v) is 5.13. The molecule has 150 valence electrons. The smallest absolute Gasteiger partial charge is 0.136 e. The maximum atomic E-state index is 9.70. The second-order valence-corrected chi connectivity index (χ2v) is 8.40. The highest BCUT2D eigenvalue weighted by Gasteiger charge is 2.16. The van der Waals surface area contributed by atoms with Gasteiger partial charge in [-0.3, -0.25) is 0 Å². The summed E-state index contributed by atoms with van der Waals surface area (Å²) < 4.78 is 6.20. The first-order valence-corrected chi connectivity index (χ1v) is 10.7. The fourth-order valence-electron chi connectivity index (χ4n) is 5.13. The molecule has 0 radical (unpaired) electrons. The van der Waals surface area contributed by atoms with Crippen LogP contribution in [-0.4, -0.2) is 0 Å². The third-order valence-electron chi connectivity index (χ3n) is 6.67. The maximum absolute atomic E-state index is 9.70. The van der Waals surface area contributed by atoms with Gasteiger partial charge < -0.3 is 4.42 Å². The number of fused-ring (bicyclic) bond motifs is 10. The number of rotatable bonds is 0. The van der Waals surface area contributed by atoms with Crippen LogP contribution >= 0.6 is 0 Å². The van der Waals surface area contributed by atoms with E-state index in [2.05, 4.69) is 54.6 Å². The Morgan fingerprint density at radius 3 is 1.61 bits per heavy atom. The highest BCUT2D eigenvalue weighted by Crippen LogP contribution is 2.41. The van der Waals surface area contributed by atoms with Crippen LogP contribution in [0, 0.1) is 22.7 Å². The summed E-state index contributed by atoms with van der Waals surface area (Å²) in [5, 5.41) is 30.0. The van der Waals surface area contributed by atoms with Gasteiger partial charge in [-0.25, -0.2) is 0 Å². The van der Waals surface area contributed by atoms with Crippen LogP contribution in [0.5, 0.6) is 0 Å². The van der Waals surface area contributed by atoms with E-state index < -0.39 is 0 Å². The highest BCUT2D eigenvalue weighted by molar-refractivity contribution is 6.30. The molecule has 6 aromatic carbocycles. The van der Waals surface area contributed by atoms with Crippen molar-refractivity contribution in [1.82, 2.24) is 0 Å². The Balaban J connectivity index is 1.80. The Morgan fingerprint density at radius 1 is 0.455 bits per heavy atom. The Kier molecular flexibility index (Phi) is 3.41. The number of nitrogens with zero attached hydrogens (tertiary/aromatic N) is 2. The normalized spacial score (nSPS) is 11.6. The Morgan fingerprint density at radius 2 is 0.970 bits per heavy atom. The zero-order valence-corrected chi connectivity index (χ0v) is 17.4. The van der Waals surface area contributed by atoms with Crippen molar-refractivity contribution in [3.63, 3.8) is 0 Å². The molecule has 3 heteroatoms. The lowest BCUT2D eigenvalue weighted by Crippen LogP contribution is -1.89. The van der Waals surface area contributed by atoms with Crippen molar-refractivity contribution < 1.29 is 4.42 Å². The van der Waals surface area contributed by atoms with Crippen LogP contribution in [0.4, 0.5) is 0 Å². The van der Waals surface area contributed by atoms with Gasteiger partial charge in [0, 0.05) is 10.8 Å². The van der Waals surface area contributed by atoms with Gasteiger partial charge in [0.1, 0.15) is 23.3 Å². The van der Waals surface area contributed by atoms with Gasteiger partial charge in [-0.2, -0.15) is 10.5 Å². The van der Waals surface area contributed by atoms with Gasteiger partial charge in [-0.05, 0) is 85.6 Å². The molecule has 0 unspecified atom stereocenters.